The van der Waals surface area contributed by atoms with Crippen LogP contribution >= 0.6 is 11.6 Å². The summed E-state index contributed by atoms with van der Waals surface area (Å²) in [6.07, 6.45) is 6.45. The summed E-state index contributed by atoms with van der Waals surface area (Å²) in [7, 11) is -3.93. The molecule has 0 aliphatic carbocycles. The highest BCUT2D eigenvalue weighted by atomic mass is 35.5. The maximum Gasteiger partial charge on any atom is 0.243 e. The van der Waals surface area contributed by atoms with Gasteiger partial charge in [0.05, 0.1) is 16.8 Å². The number of hydrogen-bond acceptors (Lipinski definition) is 3. The Bertz CT molecular complexity index is 611. The molecule has 104 valence electrons. The maximum atomic E-state index is 13.1. The number of nitrogens with one attached hydrogen (secondary N) is 1. The van der Waals surface area contributed by atoms with Gasteiger partial charge in [-0.1, -0.05) is 30.9 Å². The molecule has 0 aliphatic heterocycles. The van der Waals surface area contributed by atoms with Crippen molar-refractivity contribution in [2.24, 2.45) is 0 Å². The van der Waals surface area contributed by atoms with Crippen molar-refractivity contribution in [3.63, 3.8) is 0 Å². The monoisotopic (exact) mass is 304 g/mol. The minimum atomic E-state index is -3.93. The second-order valence-electron chi connectivity index (χ2n) is 3.93. The topological polar surface area (TPSA) is 72.2 Å². The minimum absolute atomic E-state index is 0.244. The van der Waals surface area contributed by atoms with Crippen LogP contribution in [0.3, 0.4) is 0 Å². The quantitative estimate of drug-likeness (QED) is 0.646. The van der Waals surface area contributed by atoms with Gasteiger partial charge in [0.2, 0.25) is 10.0 Å². The first kappa shape index (κ1) is 15.8. The number of hydrogen-bond donors (Lipinski definition) is 2. The summed E-state index contributed by atoms with van der Waals surface area (Å²) in [5.41, 5.74) is 5.05. The predicted molar refractivity (Wildman–Crippen MR) is 73.7 cm³/mol. The standard InChI is InChI=1S/C12H14ClFN2O2S/c1-3-5-8(4-2)16-19(17,18)12-7-11(15)10(14)6-9(12)13/h2,6-8,16H,3,5,15H2,1H3. The average Bonchev–Trinajstić information content (AvgIpc) is 2.32. The first-order chi connectivity index (χ1) is 8.81. The molecule has 19 heavy (non-hydrogen) atoms. The second kappa shape index (κ2) is 6.24. The molecule has 0 fully saturated rings. The van der Waals surface area contributed by atoms with Crippen LogP contribution < -0.4 is 10.5 Å². The lowest BCUT2D eigenvalue weighted by Gasteiger charge is -2.14. The van der Waals surface area contributed by atoms with E-state index in [1.807, 2.05) is 6.92 Å². The van der Waals surface area contributed by atoms with Gasteiger partial charge >= 0.3 is 0 Å². The summed E-state index contributed by atoms with van der Waals surface area (Å²) < 4.78 is 39.6. The molecule has 0 aromatic heterocycles. The SMILES string of the molecule is C#CC(CCC)NS(=O)(=O)c1cc(N)c(F)cc1Cl. The van der Waals surface area contributed by atoms with Gasteiger partial charge < -0.3 is 5.73 Å². The van der Waals surface area contributed by atoms with Gasteiger partial charge in [-0.2, -0.15) is 4.72 Å². The molecule has 1 unspecified atom stereocenters. The van der Waals surface area contributed by atoms with Crippen molar-refractivity contribution in [2.75, 3.05) is 5.73 Å². The molecular weight excluding hydrogens is 291 g/mol. The minimum Gasteiger partial charge on any atom is -0.396 e. The fourth-order valence-corrected chi connectivity index (χ4v) is 3.21. The smallest absolute Gasteiger partial charge is 0.243 e. The molecule has 1 aromatic rings. The van der Waals surface area contributed by atoms with Crippen molar-refractivity contribution >= 4 is 27.3 Å². The Hall–Kier alpha value is -1.29. The van der Waals surface area contributed by atoms with E-state index in [0.717, 1.165) is 18.6 Å². The molecule has 1 rings (SSSR count). The van der Waals surface area contributed by atoms with Gasteiger partial charge in [0.25, 0.3) is 0 Å². The normalized spacial score (nSPS) is 12.9. The van der Waals surface area contributed by atoms with Gasteiger partial charge in [-0.05, 0) is 18.6 Å². The van der Waals surface area contributed by atoms with Crippen LogP contribution in [-0.4, -0.2) is 14.5 Å². The lowest BCUT2D eigenvalue weighted by atomic mass is 10.2. The Morgan fingerprint density at radius 2 is 2.21 bits per heavy atom. The molecule has 1 aromatic carbocycles. The summed E-state index contributed by atoms with van der Waals surface area (Å²) in [5.74, 6) is 1.56. The Balaban J connectivity index is 3.14. The third-order valence-corrected chi connectivity index (χ3v) is 4.35. The Labute approximate surface area is 117 Å². The summed E-state index contributed by atoms with van der Waals surface area (Å²) in [6.45, 7) is 1.88. The van der Waals surface area contributed by atoms with Gasteiger partial charge in [-0.15, -0.1) is 6.42 Å². The molecule has 0 amide bonds. The largest absolute Gasteiger partial charge is 0.396 e. The summed E-state index contributed by atoms with van der Waals surface area (Å²) in [5, 5.41) is -0.244. The Kier molecular flexibility index (Phi) is 5.18. The molecule has 0 heterocycles. The Morgan fingerprint density at radius 3 is 2.74 bits per heavy atom. The molecular formula is C12H14ClFN2O2S. The van der Waals surface area contributed by atoms with Crippen molar-refractivity contribution < 1.29 is 12.8 Å². The lowest BCUT2D eigenvalue weighted by molar-refractivity contribution is 0.564. The van der Waals surface area contributed by atoms with Gasteiger partial charge in [-0.25, -0.2) is 12.8 Å². The number of halogens is 2. The fourth-order valence-electron chi connectivity index (χ4n) is 1.47. The first-order valence-corrected chi connectivity index (χ1v) is 7.41. The fraction of sp³-hybridized carbons (Fsp3) is 0.333. The zero-order valence-electron chi connectivity index (χ0n) is 10.3. The highest BCUT2D eigenvalue weighted by molar-refractivity contribution is 7.89. The Morgan fingerprint density at radius 1 is 1.58 bits per heavy atom. The highest BCUT2D eigenvalue weighted by Gasteiger charge is 2.22. The van der Waals surface area contributed by atoms with Crippen LogP contribution in [0.25, 0.3) is 0 Å². The van der Waals surface area contributed by atoms with Crippen molar-refractivity contribution in [2.45, 2.75) is 30.7 Å². The molecule has 0 saturated heterocycles. The van der Waals surface area contributed by atoms with Crippen molar-refractivity contribution in [1.82, 2.24) is 4.72 Å². The molecule has 0 bridgehead atoms. The van der Waals surface area contributed by atoms with E-state index in [1.165, 1.54) is 0 Å². The molecule has 0 aliphatic rings. The molecule has 4 nitrogen and oxygen atoms in total. The number of rotatable bonds is 5. The van der Waals surface area contributed by atoms with Crippen molar-refractivity contribution in [3.05, 3.63) is 23.0 Å². The molecule has 7 heteroatoms. The first-order valence-electron chi connectivity index (χ1n) is 5.54. The number of benzene rings is 1. The van der Waals surface area contributed by atoms with Crippen LogP contribution in [0.4, 0.5) is 10.1 Å². The number of terminal acetylenes is 1. The molecule has 3 N–H and O–H groups in total. The van der Waals surface area contributed by atoms with Crippen molar-refractivity contribution in [3.8, 4) is 12.3 Å². The summed E-state index contributed by atoms with van der Waals surface area (Å²) in [6, 6.07) is 1.19. The zero-order chi connectivity index (χ0) is 14.6. The van der Waals surface area contributed by atoms with E-state index in [2.05, 4.69) is 10.6 Å². The van der Waals surface area contributed by atoms with Crippen LogP contribution in [0.1, 0.15) is 19.8 Å². The molecule has 0 spiro atoms. The van der Waals surface area contributed by atoms with Crippen LogP contribution in [-0.2, 0) is 10.0 Å². The van der Waals surface area contributed by atoms with E-state index in [1.54, 1.807) is 0 Å². The van der Waals surface area contributed by atoms with E-state index in [0.29, 0.717) is 6.42 Å². The third-order valence-electron chi connectivity index (χ3n) is 2.42. The predicted octanol–water partition coefficient (Wildman–Crippen LogP) is 2.14. The van der Waals surface area contributed by atoms with Crippen molar-refractivity contribution in [1.29, 1.82) is 0 Å². The number of nitrogen functional groups attached to an aromatic ring is 1. The van der Waals surface area contributed by atoms with Gasteiger partial charge in [0.1, 0.15) is 10.7 Å². The van der Waals surface area contributed by atoms with Crippen LogP contribution in [0.15, 0.2) is 17.0 Å². The third kappa shape index (κ3) is 3.83. The molecule has 0 saturated carbocycles. The van der Waals surface area contributed by atoms with E-state index < -0.39 is 21.9 Å². The van der Waals surface area contributed by atoms with Gasteiger partial charge in [-0.3, -0.25) is 0 Å². The molecule has 1 atom stereocenters. The number of anilines is 1. The maximum absolute atomic E-state index is 13.1. The van der Waals surface area contributed by atoms with Gasteiger partial charge in [0.15, 0.2) is 0 Å². The lowest BCUT2D eigenvalue weighted by Crippen LogP contribution is -2.33. The van der Waals surface area contributed by atoms with E-state index >= 15 is 0 Å². The second-order valence-corrected chi connectivity index (χ2v) is 6.02. The zero-order valence-corrected chi connectivity index (χ0v) is 11.9. The van der Waals surface area contributed by atoms with E-state index in [9.17, 15) is 12.8 Å². The molecule has 0 radical (unpaired) electrons. The highest BCUT2D eigenvalue weighted by Crippen LogP contribution is 2.26. The average molecular weight is 305 g/mol. The van der Waals surface area contributed by atoms with E-state index in [4.69, 9.17) is 23.8 Å². The van der Waals surface area contributed by atoms with Crippen LogP contribution in [0.5, 0.6) is 0 Å². The number of sulfonamides is 1. The van der Waals surface area contributed by atoms with Gasteiger partial charge in [0, 0.05) is 0 Å². The number of nitrogens with two attached hydrogens (primary N) is 1. The summed E-state index contributed by atoms with van der Waals surface area (Å²) in [4.78, 5) is -0.288. The van der Waals surface area contributed by atoms with E-state index in [-0.39, 0.29) is 15.6 Å². The summed E-state index contributed by atoms with van der Waals surface area (Å²) >= 11 is 5.72. The van der Waals surface area contributed by atoms with Crippen LogP contribution in [0, 0.1) is 18.2 Å². The van der Waals surface area contributed by atoms with Crippen LogP contribution in [0.2, 0.25) is 5.02 Å².